The molecule has 1 aliphatic heterocycles. The highest BCUT2D eigenvalue weighted by atomic mass is 16.5. The molecule has 4 heteroatoms. The Balaban J connectivity index is 2.06. The molecule has 0 radical (unpaired) electrons. The summed E-state index contributed by atoms with van der Waals surface area (Å²) >= 11 is 0. The number of rotatable bonds is 3. The minimum Gasteiger partial charge on any atom is -0.387 e. The predicted octanol–water partition coefficient (Wildman–Crippen LogP) is 1.36. The van der Waals surface area contributed by atoms with E-state index in [0.717, 1.165) is 37.7 Å². The summed E-state index contributed by atoms with van der Waals surface area (Å²) < 4.78 is 5.30. The number of hydrogen-bond acceptors (Lipinski definition) is 4. The monoisotopic (exact) mass is 222 g/mol. The molecule has 1 aliphatic rings. The van der Waals surface area contributed by atoms with Gasteiger partial charge in [-0.05, 0) is 18.6 Å². The topological polar surface area (TPSA) is 45.6 Å². The van der Waals surface area contributed by atoms with E-state index in [-0.39, 0.29) is 0 Å². The molecule has 1 fully saturated rings. The molecular weight excluding hydrogens is 204 g/mol. The van der Waals surface area contributed by atoms with Gasteiger partial charge in [0.15, 0.2) is 0 Å². The van der Waals surface area contributed by atoms with Gasteiger partial charge < -0.3 is 14.7 Å². The van der Waals surface area contributed by atoms with Crippen molar-refractivity contribution in [2.45, 2.75) is 19.4 Å². The molecule has 0 spiro atoms. The van der Waals surface area contributed by atoms with Crippen LogP contribution in [0.1, 0.15) is 25.1 Å². The summed E-state index contributed by atoms with van der Waals surface area (Å²) in [5.74, 6) is 0. The molecule has 1 saturated heterocycles. The van der Waals surface area contributed by atoms with E-state index in [1.165, 1.54) is 0 Å². The fourth-order valence-corrected chi connectivity index (χ4v) is 1.81. The first-order chi connectivity index (χ1) is 7.81. The second kappa shape index (κ2) is 5.27. The van der Waals surface area contributed by atoms with Crippen molar-refractivity contribution in [2.75, 3.05) is 31.2 Å². The molecule has 0 aromatic carbocycles. The van der Waals surface area contributed by atoms with Crippen LogP contribution >= 0.6 is 0 Å². The maximum atomic E-state index is 9.63. The van der Waals surface area contributed by atoms with Gasteiger partial charge in [0.2, 0.25) is 0 Å². The Morgan fingerprint density at radius 1 is 1.44 bits per heavy atom. The number of aromatic nitrogens is 1. The zero-order chi connectivity index (χ0) is 11.4. The summed E-state index contributed by atoms with van der Waals surface area (Å²) in [7, 11) is 0. The number of pyridine rings is 1. The van der Waals surface area contributed by atoms with Gasteiger partial charge in [0.05, 0.1) is 36.9 Å². The Kier molecular flexibility index (Phi) is 3.74. The molecule has 4 nitrogen and oxygen atoms in total. The predicted molar refractivity (Wildman–Crippen MR) is 62.5 cm³/mol. The molecule has 1 N–H and O–H groups in total. The third kappa shape index (κ3) is 2.51. The van der Waals surface area contributed by atoms with E-state index < -0.39 is 6.10 Å². The number of aliphatic hydroxyl groups excluding tert-OH is 1. The van der Waals surface area contributed by atoms with Crippen LogP contribution in [0.5, 0.6) is 0 Å². The highest BCUT2D eigenvalue weighted by molar-refractivity contribution is 5.45. The van der Waals surface area contributed by atoms with E-state index in [0.29, 0.717) is 6.42 Å². The number of aliphatic hydroxyl groups is 1. The van der Waals surface area contributed by atoms with Crippen LogP contribution in [0.25, 0.3) is 0 Å². The maximum absolute atomic E-state index is 9.63. The Bertz CT molecular complexity index is 320. The largest absolute Gasteiger partial charge is 0.387 e. The Labute approximate surface area is 95.9 Å². The molecule has 16 heavy (non-hydrogen) atoms. The van der Waals surface area contributed by atoms with Crippen molar-refractivity contribution in [3.63, 3.8) is 0 Å². The summed E-state index contributed by atoms with van der Waals surface area (Å²) in [5, 5.41) is 9.63. The van der Waals surface area contributed by atoms with Crippen molar-refractivity contribution in [1.29, 1.82) is 0 Å². The lowest BCUT2D eigenvalue weighted by Crippen LogP contribution is -2.36. The second-order valence-corrected chi connectivity index (χ2v) is 3.96. The van der Waals surface area contributed by atoms with Crippen LogP contribution in [0.15, 0.2) is 18.3 Å². The highest BCUT2D eigenvalue weighted by Gasteiger charge is 2.12. The summed E-state index contributed by atoms with van der Waals surface area (Å²) in [6.45, 7) is 5.33. The Morgan fingerprint density at radius 2 is 2.19 bits per heavy atom. The lowest BCUT2D eigenvalue weighted by atomic mass is 10.2. The zero-order valence-corrected chi connectivity index (χ0v) is 9.59. The number of nitrogens with zero attached hydrogens (tertiary/aromatic N) is 2. The van der Waals surface area contributed by atoms with Crippen molar-refractivity contribution in [1.82, 2.24) is 4.98 Å². The molecule has 88 valence electrons. The lowest BCUT2D eigenvalue weighted by molar-refractivity contribution is 0.122. The standard InChI is InChI=1S/C12H18N2O2/c1-2-12(15)11-4-3-10(9-13-11)14-5-7-16-8-6-14/h3-4,9,12,15H,2,5-8H2,1H3/t12-/m1/s1. The molecule has 1 aromatic rings. The lowest BCUT2D eigenvalue weighted by Gasteiger charge is -2.28. The Morgan fingerprint density at radius 3 is 2.75 bits per heavy atom. The number of ether oxygens (including phenoxy) is 1. The maximum Gasteiger partial charge on any atom is 0.0957 e. The third-order valence-corrected chi connectivity index (χ3v) is 2.88. The highest BCUT2D eigenvalue weighted by Crippen LogP contribution is 2.18. The van der Waals surface area contributed by atoms with Crippen molar-refractivity contribution >= 4 is 5.69 Å². The molecule has 0 unspecified atom stereocenters. The van der Waals surface area contributed by atoms with Gasteiger partial charge in [0.25, 0.3) is 0 Å². The van der Waals surface area contributed by atoms with Gasteiger partial charge in [-0.2, -0.15) is 0 Å². The van der Waals surface area contributed by atoms with E-state index in [4.69, 9.17) is 4.74 Å². The van der Waals surface area contributed by atoms with Crippen molar-refractivity contribution in [3.8, 4) is 0 Å². The summed E-state index contributed by atoms with van der Waals surface area (Å²) in [5.41, 5.74) is 1.86. The Hall–Kier alpha value is -1.13. The van der Waals surface area contributed by atoms with Crippen LogP contribution in [0.2, 0.25) is 0 Å². The first-order valence-electron chi connectivity index (χ1n) is 5.78. The van der Waals surface area contributed by atoms with Gasteiger partial charge in [-0.3, -0.25) is 4.98 Å². The molecule has 0 aliphatic carbocycles. The third-order valence-electron chi connectivity index (χ3n) is 2.88. The first kappa shape index (κ1) is 11.4. The van der Waals surface area contributed by atoms with E-state index in [9.17, 15) is 5.11 Å². The van der Waals surface area contributed by atoms with Gasteiger partial charge >= 0.3 is 0 Å². The minimum absolute atomic E-state index is 0.446. The molecule has 0 bridgehead atoms. The van der Waals surface area contributed by atoms with Gasteiger partial charge in [-0.25, -0.2) is 0 Å². The minimum atomic E-state index is -0.446. The SMILES string of the molecule is CC[C@@H](O)c1ccc(N2CCOCC2)cn1. The van der Waals surface area contributed by atoms with Crippen LogP contribution < -0.4 is 4.90 Å². The fourth-order valence-electron chi connectivity index (χ4n) is 1.81. The van der Waals surface area contributed by atoms with E-state index >= 15 is 0 Å². The van der Waals surface area contributed by atoms with Crippen LogP contribution in [-0.2, 0) is 4.74 Å². The fraction of sp³-hybridized carbons (Fsp3) is 0.583. The van der Waals surface area contributed by atoms with E-state index in [1.807, 2.05) is 25.3 Å². The first-order valence-corrected chi connectivity index (χ1v) is 5.78. The normalized spacial score (nSPS) is 18.5. The molecule has 0 amide bonds. The molecule has 0 saturated carbocycles. The van der Waals surface area contributed by atoms with Crippen LogP contribution in [-0.4, -0.2) is 36.4 Å². The van der Waals surface area contributed by atoms with Gasteiger partial charge in [-0.15, -0.1) is 0 Å². The van der Waals surface area contributed by atoms with Crippen molar-refractivity contribution < 1.29 is 9.84 Å². The van der Waals surface area contributed by atoms with E-state index in [2.05, 4.69) is 9.88 Å². The van der Waals surface area contributed by atoms with Crippen LogP contribution in [0.3, 0.4) is 0 Å². The molecule has 1 aromatic heterocycles. The molecule has 2 rings (SSSR count). The quantitative estimate of drug-likeness (QED) is 0.838. The van der Waals surface area contributed by atoms with Crippen LogP contribution in [0, 0.1) is 0 Å². The zero-order valence-electron chi connectivity index (χ0n) is 9.59. The average molecular weight is 222 g/mol. The molecule has 1 atom stereocenters. The molecule has 2 heterocycles. The number of anilines is 1. The summed E-state index contributed by atoms with van der Waals surface area (Å²) in [6, 6.07) is 3.92. The van der Waals surface area contributed by atoms with Crippen LogP contribution in [0.4, 0.5) is 5.69 Å². The molecular formula is C12H18N2O2. The number of morpholine rings is 1. The van der Waals surface area contributed by atoms with Gasteiger partial charge in [-0.1, -0.05) is 6.92 Å². The van der Waals surface area contributed by atoms with Crippen molar-refractivity contribution in [3.05, 3.63) is 24.0 Å². The second-order valence-electron chi connectivity index (χ2n) is 3.96. The summed E-state index contributed by atoms with van der Waals surface area (Å²) in [6.07, 6.45) is 2.09. The summed E-state index contributed by atoms with van der Waals surface area (Å²) in [4.78, 5) is 6.54. The van der Waals surface area contributed by atoms with Gasteiger partial charge in [0.1, 0.15) is 0 Å². The average Bonchev–Trinajstić information content (AvgIpc) is 2.39. The van der Waals surface area contributed by atoms with Gasteiger partial charge in [0, 0.05) is 13.1 Å². The smallest absolute Gasteiger partial charge is 0.0957 e. The van der Waals surface area contributed by atoms with Crippen molar-refractivity contribution in [2.24, 2.45) is 0 Å². The number of hydrogen-bond donors (Lipinski definition) is 1. The van der Waals surface area contributed by atoms with E-state index in [1.54, 1.807) is 0 Å².